The highest BCUT2D eigenvalue weighted by Crippen LogP contribution is 2.65. The molecule has 2 saturated heterocycles. The molecule has 2 aliphatic heterocycles. The van der Waals surface area contributed by atoms with E-state index in [4.69, 9.17) is 16.3 Å². The summed E-state index contributed by atoms with van der Waals surface area (Å²) in [5, 5.41) is 10.1. The Kier molecular flexibility index (Phi) is 8.19. The number of carbonyl (C=O) groups excluding carboxylic acids is 4. The van der Waals surface area contributed by atoms with Crippen molar-refractivity contribution in [2.24, 2.45) is 23.7 Å². The Labute approximate surface area is 290 Å². The second-order valence-electron chi connectivity index (χ2n) is 14.0. The maximum atomic E-state index is 15.4. The summed E-state index contributed by atoms with van der Waals surface area (Å²) in [6, 6.07) is 23.6. The molecule has 0 spiro atoms. The maximum absolute atomic E-state index is 15.4. The summed E-state index contributed by atoms with van der Waals surface area (Å²) in [6.45, 7) is -0.155. The van der Waals surface area contributed by atoms with E-state index in [-0.39, 0.29) is 49.3 Å². The van der Waals surface area contributed by atoms with E-state index >= 15 is 4.79 Å². The second-order valence-corrected chi connectivity index (χ2v) is 14.5. The van der Waals surface area contributed by atoms with Crippen LogP contribution in [0.25, 0.3) is 0 Å². The van der Waals surface area contributed by atoms with Gasteiger partial charge in [0.1, 0.15) is 12.4 Å². The number of fused-ring (bicyclic) bond motifs is 4. The molecule has 3 aromatic carbocycles. The average Bonchev–Trinajstić information content (AvgIpc) is 3.52. The molecule has 3 aromatic rings. The Morgan fingerprint density at radius 1 is 0.837 bits per heavy atom. The minimum atomic E-state index is -1.39. The van der Waals surface area contributed by atoms with Crippen LogP contribution in [0.4, 0.5) is 5.69 Å². The number of imide groups is 2. The molecule has 8 nitrogen and oxygen atoms in total. The monoisotopic (exact) mass is 678 g/mol. The molecule has 49 heavy (non-hydrogen) atoms. The van der Waals surface area contributed by atoms with Gasteiger partial charge in [-0.25, -0.2) is 4.90 Å². The number of halogens is 1. The van der Waals surface area contributed by atoms with E-state index in [2.05, 4.69) is 6.08 Å². The first kappa shape index (κ1) is 32.0. The molecule has 6 atom stereocenters. The zero-order valence-corrected chi connectivity index (χ0v) is 27.9. The molecule has 4 amide bonds. The van der Waals surface area contributed by atoms with Crippen LogP contribution >= 0.6 is 11.6 Å². The summed E-state index contributed by atoms with van der Waals surface area (Å²) in [4.78, 5) is 61.7. The Morgan fingerprint density at radius 2 is 1.59 bits per heavy atom. The van der Waals surface area contributed by atoms with E-state index in [9.17, 15) is 19.5 Å². The fraction of sp³-hybridized carbons (Fsp3) is 0.400. The Hall–Kier alpha value is -4.27. The van der Waals surface area contributed by atoms with Crippen molar-refractivity contribution in [1.82, 2.24) is 4.90 Å². The van der Waals surface area contributed by atoms with Gasteiger partial charge in [-0.2, -0.15) is 0 Å². The molecule has 0 bridgehead atoms. The predicted octanol–water partition coefficient (Wildman–Crippen LogP) is 6.21. The molecule has 2 heterocycles. The lowest BCUT2D eigenvalue weighted by Crippen LogP contribution is -2.53. The normalized spacial score (nSPS) is 29.8. The van der Waals surface area contributed by atoms with E-state index < -0.39 is 35.0 Å². The standard InChI is InChI=1S/C40H39ClN2O6/c41-25-12-9-15-27(22-25)43-37(46)32-23-31-28(18-19-30-34(31)38(47)42(36(30)45)26-13-5-2-6-14-26)35(29-16-7-8-17-33(29)49-21-20-44)40(32,39(43)48)24-10-3-1-4-11-24/h1,3-4,7-12,15-18,22,26,30-32,34-35,44H,2,5-6,13-14,19-21,23H2/t30-,31+,32-,34-,35+,40+/m0/s1. The van der Waals surface area contributed by atoms with Crippen molar-refractivity contribution < 1.29 is 29.0 Å². The number of carbonyl (C=O) groups is 4. The molecule has 3 aliphatic carbocycles. The highest BCUT2D eigenvalue weighted by molar-refractivity contribution is 6.32. The van der Waals surface area contributed by atoms with Gasteiger partial charge in [0.2, 0.25) is 23.6 Å². The number of likely N-dealkylation sites (tertiary alicyclic amines) is 1. The third kappa shape index (κ3) is 4.82. The van der Waals surface area contributed by atoms with Crippen molar-refractivity contribution in [2.75, 3.05) is 18.1 Å². The van der Waals surface area contributed by atoms with E-state index in [0.29, 0.717) is 34.0 Å². The fourth-order valence-corrected chi connectivity index (χ4v) is 10.0. The number of benzene rings is 3. The quantitative estimate of drug-likeness (QED) is 0.236. The van der Waals surface area contributed by atoms with Crippen molar-refractivity contribution in [2.45, 2.75) is 62.3 Å². The van der Waals surface area contributed by atoms with Crippen LogP contribution in [0, 0.1) is 23.7 Å². The van der Waals surface area contributed by atoms with E-state index in [0.717, 1.165) is 37.7 Å². The predicted molar refractivity (Wildman–Crippen MR) is 184 cm³/mol. The number of hydrogen-bond acceptors (Lipinski definition) is 6. The molecule has 0 radical (unpaired) electrons. The largest absolute Gasteiger partial charge is 0.491 e. The van der Waals surface area contributed by atoms with Crippen molar-refractivity contribution >= 4 is 40.9 Å². The number of nitrogens with zero attached hydrogens (tertiary/aromatic N) is 2. The van der Waals surface area contributed by atoms with Crippen LogP contribution in [-0.2, 0) is 24.6 Å². The van der Waals surface area contributed by atoms with Crippen LogP contribution < -0.4 is 9.64 Å². The smallest absolute Gasteiger partial charge is 0.246 e. The number of aliphatic hydroxyl groups is 1. The van der Waals surface area contributed by atoms with Gasteiger partial charge >= 0.3 is 0 Å². The van der Waals surface area contributed by atoms with Crippen molar-refractivity contribution in [3.8, 4) is 5.75 Å². The number of hydrogen-bond donors (Lipinski definition) is 1. The minimum Gasteiger partial charge on any atom is -0.491 e. The summed E-state index contributed by atoms with van der Waals surface area (Å²) >= 11 is 6.42. The van der Waals surface area contributed by atoms with Crippen LogP contribution in [0.5, 0.6) is 5.75 Å². The topological polar surface area (TPSA) is 104 Å². The zero-order valence-electron chi connectivity index (χ0n) is 27.2. The average molecular weight is 679 g/mol. The summed E-state index contributed by atoms with van der Waals surface area (Å²) in [6.07, 6.45) is 7.45. The third-order valence-corrected chi connectivity index (χ3v) is 12.0. The molecular weight excluding hydrogens is 640 g/mol. The van der Waals surface area contributed by atoms with Gasteiger partial charge in [0, 0.05) is 22.5 Å². The first-order valence-electron chi connectivity index (χ1n) is 17.5. The van der Waals surface area contributed by atoms with Crippen molar-refractivity contribution in [3.63, 3.8) is 0 Å². The van der Waals surface area contributed by atoms with Gasteiger partial charge in [-0.05, 0) is 61.4 Å². The van der Waals surface area contributed by atoms with E-state index in [1.54, 1.807) is 29.2 Å². The summed E-state index contributed by atoms with van der Waals surface area (Å²) in [7, 11) is 0. The van der Waals surface area contributed by atoms with Crippen LogP contribution in [0.1, 0.15) is 62.0 Å². The minimum absolute atomic E-state index is 0.0452. The SMILES string of the molecule is O=C1[C@@H]2C[C@@H]3C(=CC[C@@H]4C(=O)N(C5CCCCC5)C(=O)[C@@H]43)[C@H](c3ccccc3OCCO)[C@]2(c2ccccc2)C(=O)N1c1cccc(Cl)c1. The molecular formula is C40H39ClN2O6. The van der Waals surface area contributed by atoms with Crippen LogP contribution in [0.3, 0.4) is 0 Å². The molecule has 9 heteroatoms. The number of aliphatic hydroxyl groups excluding tert-OH is 1. The van der Waals surface area contributed by atoms with Crippen LogP contribution in [0.15, 0.2) is 90.5 Å². The highest BCUT2D eigenvalue weighted by Gasteiger charge is 2.70. The Morgan fingerprint density at radius 3 is 2.35 bits per heavy atom. The Bertz CT molecular complexity index is 1850. The van der Waals surface area contributed by atoms with Crippen LogP contribution in [0.2, 0.25) is 5.02 Å². The number of amides is 4. The summed E-state index contributed by atoms with van der Waals surface area (Å²) in [5.74, 6) is -3.53. The lowest BCUT2D eigenvalue weighted by Gasteiger charge is -2.51. The highest BCUT2D eigenvalue weighted by atomic mass is 35.5. The van der Waals surface area contributed by atoms with Gasteiger partial charge in [-0.3, -0.25) is 24.1 Å². The fourth-order valence-electron chi connectivity index (χ4n) is 9.82. The Balaban J connectivity index is 1.35. The molecule has 8 rings (SSSR count). The summed E-state index contributed by atoms with van der Waals surface area (Å²) < 4.78 is 6.13. The third-order valence-electron chi connectivity index (χ3n) is 11.7. The van der Waals surface area contributed by atoms with Gasteiger partial charge < -0.3 is 9.84 Å². The zero-order chi connectivity index (χ0) is 33.9. The lowest BCUT2D eigenvalue weighted by molar-refractivity contribution is -0.143. The number of ether oxygens (including phenoxy) is 1. The molecule has 1 N–H and O–H groups in total. The van der Waals surface area contributed by atoms with Gasteiger partial charge in [0.05, 0.1) is 35.5 Å². The first-order valence-corrected chi connectivity index (χ1v) is 17.8. The first-order chi connectivity index (χ1) is 23.9. The molecule has 252 valence electrons. The summed E-state index contributed by atoms with van der Waals surface area (Å²) in [5.41, 5.74) is 1.30. The van der Waals surface area contributed by atoms with Gasteiger partial charge in [-0.1, -0.05) is 97.1 Å². The molecule has 5 aliphatic rings. The second kappa shape index (κ2) is 12.6. The van der Waals surface area contributed by atoms with E-state index in [1.807, 2.05) is 54.6 Å². The number of anilines is 1. The molecule has 4 fully saturated rings. The van der Waals surface area contributed by atoms with E-state index in [1.165, 1.54) is 4.90 Å². The maximum Gasteiger partial charge on any atom is 0.246 e. The van der Waals surface area contributed by atoms with Gasteiger partial charge in [0.15, 0.2) is 0 Å². The molecule has 0 unspecified atom stereocenters. The van der Waals surface area contributed by atoms with Crippen LogP contribution in [-0.4, -0.2) is 52.9 Å². The number of rotatable bonds is 7. The van der Waals surface area contributed by atoms with Crippen molar-refractivity contribution in [3.05, 3.63) is 107 Å². The molecule has 0 aromatic heterocycles. The van der Waals surface area contributed by atoms with Gasteiger partial charge in [0.25, 0.3) is 0 Å². The van der Waals surface area contributed by atoms with Gasteiger partial charge in [-0.15, -0.1) is 0 Å². The van der Waals surface area contributed by atoms with Crippen molar-refractivity contribution in [1.29, 1.82) is 0 Å². The number of para-hydroxylation sites is 1. The number of allylic oxidation sites excluding steroid dienone is 2. The lowest BCUT2D eigenvalue weighted by atomic mass is 9.49. The molecule has 2 saturated carbocycles.